The predicted octanol–water partition coefficient (Wildman–Crippen LogP) is 4.64. The fourth-order valence-corrected chi connectivity index (χ4v) is 3.77. The molecule has 0 aliphatic heterocycles. The highest BCUT2D eigenvalue weighted by atomic mass is 16.5. The van der Waals surface area contributed by atoms with Crippen molar-refractivity contribution in [1.29, 1.82) is 5.26 Å². The Morgan fingerprint density at radius 1 is 1.00 bits per heavy atom. The first-order valence-corrected chi connectivity index (χ1v) is 10.6. The fourth-order valence-electron chi connectivity index (χ4n) is 3.77. The van der Waals surface area contributed by atoms with E-state index < -0.39 is 6.09 Å². The number of nitriles is 1. The van der Waals surface area contributed by atoms with Crippen molar-refractivity contribution in [3.05, 3.63) is 77.9 Å². The van der Waals surface area contributed by atoms with Crippen molar-refractivity contribution in [3.63, 3.8) is 0 Å². The van der Waals surface area contributed by atoms with Crippen LogP contribution in [0.2, 0.25) is 0 Å². The second kappa shape index (κ2) is 9.17. The molecular weight excluding hydrogens is 420 g/mol. The van der Waals surface area contributed by atoms with Crippen LogP contribution in [0.5, 0.6) is 17.2 Å². The van der Waals surface area contributed by atoms with Gasteiger partial charge in [-0.2, -0.15) is 5.26 Å². The van der Waals surface area contributed by atoms with E-state index in [9.17, 15) is 4.79 Å². The smallest absolute Gasteiger partial charge is 0.404 e. The quantitative estimate of drug-likeness (QED) is 0.545. The molecule has 168 valence electrons. The van der Waals surface area contributed by atoms with Crippen LogP contribution in [0.4, 0.5) is 4.79 Å². The molecule has 2 N–H and O–H groups in total. The van der Waals surface area contributed by atoms with Gasteiger partial charge in [-0.1, -0.05) is 38.1 Å². The average Bonchev–Trinajstić information content (AvgIpc) is 2.78. The Morgan fingerprint density at radius 3 is 2.06 bits per heavy atom. The summed E-state index contributed by atoms with van der Waals surface area (Å²) in [6, 6.07) is 17.7. The van der Waals surface area contributed by atoms with Gasteiger partial charge in [-0.15, -0.1) is 0 Å². The molecule has 4 rings (SSSR count). The van der Waals surface area contributed by atoms with Gasteiger partial charge in [0.1, 0.15) is 23.7 Å². The molecular formula is C25H24N4O4. The molecule has 1 fully saturated rings. The number of nitrogens with zero attached hydrogens (tertiary/aromatic N) is 3. The number of carboxylic acid groups (broad SMARTS) is 1. The van der Waals surface area contributed by atoms with E-state index in [1.807, 2.05) is 42.5 Å². The van der Waals surface area contributed by atoms with Gasteiger partial charge in [0.05, 0.1) is 12.4 Å². The zero-order chi connectivity index (χ0) is 23.4. The van der Waals surface area contributed by atoms with Crippen LogP contribution >= 0.6 is 0 Å². The Morgan fingerprint density at radius 2 is 1.55 bits per heavy atom. The highest BCUT2D eigenvalue weighted by Gasteiger charge is 2.32. The topological polar surface area (TPSA) is 117 Å². The highest BCUT2D eigenvalue weighted by molar-refractivity contribution is 5.65. The fraction of sp³-hybridized carbons (Fsp3) is 0.280. The number of rotatable bonds is 7. The molecule has 8 nitrogen and oxygen atoms in total. The number of nitrogens with one attached hydrogen (secondary N) is 1. The lowest BCUT2D eigenvalue weighted by atomic mass is 9.78. The number of hydrogen-bond acceptors (Lipinski definition) is 6. The van der Waals surface area contributed by atoms with Crippen molar-refractivity contribution in [1.82, 2.24) is 15.3 Å². The molecule has 1 amide bonds. The third-order valence-electron chi connectivity index (χ3n) is 5.84. The standard InChI is InChI=1S/C25H24N4O4/c1-25(2,16-3-7-19(8-4-16)32-21-11-18(12-21)29-24(30)31)17-5-9-20(10-6-17)33-22-14-27-23(13-26)28-15-22/h3-10,14-15,18,21,29H,11-12H2,1-2H3,(H,30,31)/t18-,21+. The van der Waals surface area contributed by atoms with Crippen LogP contribution in [0.1, 0.15) is 43.6 Å². The normalized spacial score (nSPS) is 17.4. The third kappa shape index (κ3) is 5.21. The largest absolute Gasteiger partial charge is 0.490 e. The van der Waals surface area contributed by atoms with Gasteiger partial charge in [0, 0.05) is 24.3 Å². The van der Waals surface area contributed by atoms with Crippen LogP contribution in [0.3, 0.4) is 0 Å². The van der Waals surface area contributed by atoms with E-state index in [0.717, 1.165) is 16.9 Å². The van der Waals surface area contributed by atoms with E-state index in [-0.39, 0.29) is 23.4 Å². The molecule has 1 aliphatic rings. The summed E-state index contributed by atoms with van der Waals surface area (Å²) < 4.78 is 11.7. The molecule has 1 saturated carbocycles. The van der Waals surface area contributed by atoms with Gasteiger partial charge in [0.15, 0.2) is 5.75 Å². The average molecular weight is 444 g/mol. The molecule has 0 bridgehead atoms. The van der Waals surface area contributed by atoms with Gasteiger partial charge in [0.2, 0.25) is 5.82 Å². The molecule has 8 heteroatoms. The van der Waals surface area contributed by atoms with Crippen LogP contribution in [0, 0.1) is 11.3 Å². The summed E-state index contributed by atoms with van der Waals surface area (Å²) in [5.74, 6) is 2.00. The van der Waals surface area contributed by atoms with Gasteiger partial charge in [-0.25, -0.2) is 14.8 Å². The first kappa shape index (κ1) is 22.1. The third-order valence-corrected chi connectivity index (χ3v) is 5.84. The minimum atomic E-state index is -0.993. The minimum Gasteiger partial charge on any atom is -0.490 e. The van der Waals surface area contributed by atoms with Gasteiger partial charge in [-0.3, -0.25) is 0 Å². The first-order valence-electron chi connectivity index (χ1n) is 10.6. The molecule has 0 spiro atoms. The summed E-state index contributed by atoms with van der Waals surface area (Å²) in [5, 5.41) is 20.0. The molecule has 3 aromatic rings. The van der Waals surface area contributed by atoms with Crippen LogP contribution < -0.4 is 14.8 Å². The van der Waals surface area contributed by atoms with Crippen LogP contribution in [-0.2, 0) is 5.41 Å². The van der Waals surface area contributed by atoms with E-state index in [2.05, 4.69) is 41.3 Å². The first-order chi connectivity index (χ1) is 15.8. The van der Waals surface area contributed by atoms with E-state index in [4.69, 9.17) is 19.8 Å². The summed E-state index contributed by atoms with van der Waals surface area (Å²) in [6.07, 6.45) is 3.35. The molecule has 0 radical (unpaired) electrons. The van der Waals surface area contributed by atoms with Crippen LogP contribution in [0.15, 0.2) is 60.9 Å². The van der Waals surface area contributed by atoms with Crippen molar-refractivity contribution >= 4 is 6.09 Å². The molecule has 0 saturated heterocycles. The number of hydrogen-bond donors (Lipinski definition) is 2. The molecule has 1 aliphatic carbocycles. The zero-order valence-electron chi connectivity index (χ0n) is 18.4. The second-order valence-corrected chi connectivity index (χ2v) is 8.49. The number of ether oxygens (including phenoxy) is 2. The van der Waals surface area contributed by atoms with Crippen molar-refractivity contribution in [2.24, 2.45) is 0 Å². The van der Waals surface area contributed by atoms with Gasteiger partial charge < -0.3 is 19.9 Å². The van der Waals surface area contributed by atoms with Gasteiger partial charge in [0.25, 0.3) is 0 Å². The minimum absolute atomic E-state index is 0.0258. The summed E-state index contributed by atoms with van der Waals surface area (Å²) >= 11 is 0. The molecule has 1 aromatic heterocycles. The summed E-state index contributed by atoms with van der Waals surface area (Å²) in [7, 11) is 0. The summed E-state index contributed by atoms with van der Waals surface area (Å²) in [6.45, 7) is 4.31. The number of amides is 1. The maximum atomic E-state index is 10.7. The van der Waals surface area contributed by atoms with Gasteiger partial charge >= 0.3 is 6.09 Å². The lowest BCUT2D eigenvalue weighted by Crippen LogP contribution is -2.48. The van der Waals surface area contributed by atoms with Crippen LogP contribution in [0.25, 0.3) is 0 Å². The van der Waals surface area contributed by atoms with Crippen molar-refractivity contribution in [3.8, 4) is 23.3 Å². The van der Waals surface area contributed by atoms with Crippen LogP contribution in [-0.4, -0.2) is 33.3 Å². The lowest BCUT2D eigenvalue weighted by Gasteiger charge is -2.35. The second-order valence-electron chi connectivity index (χ2n) is 8.49. The van der Waals surface area contributed by atoms with Crippen molar-refractivity contribution in [2.45, 2.75) is 44.2 Å². The Hall–Kier alpha value is -4.12. The molecule has 1 heterocycles. The highest BCUT2D eigenvalue weighted by Crippen LogP contribution is 2.34. The van der Waals surface area contributed by atoms with E-state index in [1.54, 1.807) is 0 Å². The Balaban J connectivity index is 1.37. The maximum Gasteiger partial charge on any atom is 0.404 e. The Kier molecular flexibility index (Phi) is 6.13. The molecule has 33 heavy (non-hydrogen) atoms. The molecule has 0 atom stereocenters. The number of carbonyl (C=O) groups is 1. The maximum absolute atomic E-state index is 10.7. The monoisotopic (exact) mass is 444 g/mol. The summed E-state index contributed by atoms with van der Waals surface area (Å²) in [4.78, 5) is 18.5. The van der Waals surface area contributed by atoms with Gasteiger partial charge in [-0.05, 0) is 35.4 Å². The number of benzene rings is 2. The SMILES string of the molecule is CC(C)(c1ccc(Oc2cnc(C#N)nc2)cc1)c1ccc(O[C@H]2C[C@@H](NC(=O)O)C2)cc1. The zero-order valence-corrected chi connectivity index (χ0v) is 18.4. The van der Waals surface area contributed by atoms with Crippen molar-refractivity contribution < 1.29 is 19.4 Å². The molecule has 0 unspecified atom stereocenters. The Labute approximate surface area is 191 Å². The predicted molar refractivity (Wildman–Crippen MR) is 120 cm³/mol. The summed E-state index contributed by atoms with van der Waals surface area (Å²) in [5.41, 5.74) is 2.03. The van der Waals surface area contributed by atoms with E-state index in [0.29, 0.717) is 24.3 Å². The van der Waals surface area contributed by atoms with Crippen molar-refractivity contribution in [2.75, 3.05) is 0 Å². The Bertz CT molecular complexity index is 1150. The molecule has 2 aromatic carbocycles. The van der Waals surface area contributed by atoms with E-state index in [1.165, 1.54) is 12.4 Å². The number of aromatic nitrogens is 2. The lowest BCUT2D eigenvalue weighted by molar-refractivity contribution is 0.0833. The van der Waals surface area contributed by atoms with E-state index >= 15 is 0 Å².